The van der Waals surface area contributed by atoms with Crippen molar-refractivity contribution in [3.05, 3.63) is 47.5 Å². The van der Waals surface area contributed by atoms with Crippen LogP contribution in [0.1, 0.15) is 121 Å². The zero-order chi connectivity index (χ0) is 20.6. The van der Waals surface area contributed by atoms with E-state index in [4.69, 9.17) is 0 Å². The quantitative estimate of drug-likeness (QED) is 0.220. The van der Waals surface area contributed by atoms with E-state index in [0.29, 0.717) is 0 Å². The molecule has 0 aliphatic heterocycles. The lowest BCUT2D eigenvalue weighted by atomic mass is 9.96. The molecule has 0 atom stereocenters. The standard InChI is InChI=1S/C29H46.H2S/c1-3-4-5-6-7-8-9-10-11-12-13-14-15-16-17-18-21-27-24-25-28-22-19-20-23-29(28)26(27)2;/h19-20,22-25H,3-18,21H2,1-2H3;1H2. The van der Waals surface area contributed by atoms with E-state index in [2.05, 4.69) is 50.2 Å². The number of unbranched alkanes of at least 4 members (excludes halogenated alkanes) is 15. The molecular formula is C29H48S. The van der Waals surface area contributed by atoms with Crippen LogP contribution in [0.2, 0.25) is 0 Å². The fraction of sp³-hybridized carbons (Fsp3) is 0.655. The Labute approximate surface area is 194 Å². The molecule has 0 heterocycles. The molecule has 1 heteroatoms. The van der Waals surface area contributed by atoms with Gasteiger partial charge >= 0.3 is 0 Å². The van der Waals surface area contributed by atoms with Crippen molar-refractivity contribution < 1.29 is 0 Å². The molecule has 0 spiro atoms. The fourth-order valence-electron chi connectivity index (χ4n) is 4.61. The molecule has 0 aliphatic carbocycles. The number of rotatable bonds is 17. The van der Waals surface area contributed by atoms with Crippen LogP contribution >= 0.6 is 13.5 Å². The summed E-state index contributed by atoms with van der Waals surface area (Å²) in [4.78, 5) is 0. The third-order valence-electron chi connectivity index (χ3n) is 6.61. The predicted octanol–water partition coefficient (Wildman–Crippen LogP) is 10.1. The van der Waals surface area contributed by atoms with Crippen LogP contribution in [0.5, 0.6) is 0 Å². The van der Waals surface area contributed by atoms with Gasteiger partial charge in [-0.3, -0.25) is 0 Å². The largest absolute Gasteiger partial charge is 0.197 e. The Bertz CT molecular complexity index is 660. The van der Waals surface area contributed by atoms with E-state index >= 15 is 0 Å². The molecule has 0 bridgehead atoms. The lowest BCUT2D eigenvalue weighted by Gasteiger charge is -2.09. The summed E-state index contributed by atoms with van der Waals surface area (Å²) >= 11 is 0. The molecule has 2 rings (SSSR count). The average Bonchev–Trinajstić information content (AvgIpc) is 2.75. The zero-order valence-electron chi connectivity index (χ0n) is 20.0. The van der Waals surface area contributed by atoms with E-state index in [1.807, 2.05) is 0 Å². The minimum atomic E-state index is 0. The van der Waals surface area contributed by atoms with Crippen molar-refractivity contribution in [3.8, 4) is 0 Å². The van der Waals surface area contributed by atoms with Gasteiger partial charge in [0.2, 0.25) is 0 Å². The van der Waals surface area contributed by atoms with E-state index in [1.54, 1.807) is 5.56 Å². The van der Waals surface area contributed by atoms with E-state index in [1.165, 1.54) is 125 Å². The maximum absolute atomic E-state index is 2.35. The minimum absolute atomic E-state index is 0. The second-order valence-electron chi connectivity index (χ2n) is 9.12. The van der Waals surface area contributed by atoms with Crippen molar-refractivity contribution in [2.45, 2.75) is 123 Å². The first-order valence-electron chi connectivity index (χ1n) is 12.8. The van der Waals surface area contributed by atoms with Gasteiger partial charge in [0.25, 0.3) is 0 Å². The lowest BCUT2D eigenvalue weighted by Crippen LogP contribution is -1.92. The number of hydrogen-bond donors (Lipinski definition) is 0. The van der Waals surface area contributed by atoms with Crippen LogP contribution in [0, 0.1) is 6.92 Å². The maximum Gasteiger partial charge on any atom is -0.0152 e. The molecule has 30 heavy (non-hydrogen) atoms. The van der Waals surface area contributed by atoms with Gasteiger partial charge in [0.05, 0.1) is 0 Å². The molecule has 0 saturated carbocycles. The Kier molecular flexibility index (Phi) is 16.0. The van der Waals surface area contributed by atoms with Gasteiger partial charge in [-0.25, -0.2) is 0 Å². The molecule has 0 radical (unpaired) electrons. The first-order valence-corrected chi connectivity index (χ1v) is 12.8. The molecular weight excluding hydrogens is 380 g/mol. The monoisotopic (exact) mass is 428 g/mol. The predicted molar refractivity (Wildman–Crippen MR) is 142 cm³/mol. The Hall–Kier alpha value is -0.950. The van der Waals surface area contributed by atoms with Gasteiger partial charge in [0.15, 0.2) is 0 Å². The van der Waals surface area contributed by atoms with Crippen LogP contribution in [0.3, 0.4) is 0 Å². The van der Waals surface area contributed by atoms with Gasteiger partial charge in [0.1, 0.15) is 0 Å². The lowest BCUT2D eigenvalue weighted by molar-refractivity contribution is 0.529. The summed E-state index contributed by atoms with van der Waals surface area (Å²) in [5, 5.41) is 2.81. The summed E-state index contributed by atoms with van der Waals surface area (Å²) in [6.07, 6.45) is 24.3. The molecule has 170 valence electrons. The second-order valence-corrected chi connectivity index (χ2v) is 9.12. The Morgan fingerprint density at radius 2 is 1.00 bits per heavy atom. The van der Waals surface area contributed by atoms with E-state index in [-0.39, 0.29) is 13.5 Å². The first-order chi connectivity index (χ1) is 14.3. The van der Waals surface area contributed by atoms with Crippen LogP contribution in [0.4, 0.5) is 0 Å². The molecule has 2 aromatic carbocycles. The summed E-state index contributed by atoms with van der Waals surface area (Å²) in [5.41, 5.74) is 3.04. The van der Waals surface area contributed by atoms with Crippen LogP contribution in [-0.2, 0) is 6.42 Å². The number of fused-ring (bicyclic) bond motifs is 1. The Balaban J connectivity index is 0.00000450. The van der Waals surface area contributed by atoms with E-state index in [9.17, 15) is 0 Å². The molecule has 0 saturated heterocycles. The third-order valence-corrected chi connectivity index (χ3v) is 6.61. The minimum Gasteiger partial charge on any atom is -0.197 e. The molecule has 0 aliphatic rings. The highest BCUT2D eigenvalue weighted by atomic mass is 32.1. The van der Waals surface area contributed by atoms with Crippen molar-refractivity contribution in [2.24, 2.45) is 0 Å². The topological polar surface area (TPSA) is 0 Å². The summed E-state index contributed by atoms with van der Waals surface area (Å²) in [6, 6.07) is 13.4. The number of benzene rings is 2. The second kappa shape index (κ2) is 17.7. The van der Waals surface area contributed by atoms with Gasteiger partial charge in [-0.1, -0.05) is 140 Å². The van der Waals surface area contributed by atoms with Crippen molar-refractivity contribution in [1.29, 1.82) is 0 Å². The summed E-state index contributed by atoms with van der Waals surface area (Å²) in [5.74, 6) is 0. The van der Waals surface area contributed by atoms with Crippen LogP contribution in [-0.4, -0.2) is 0 Å². The molecule has 0 N–H and O–H groups in total. The number of aryl methyl sites for hydroxylation is 2. The molecule has 0 fully saturated rings. The van der Waals surface area contributed by atoms with E-state index in [0.717, 1.165) is 0 Å². The number of hydrogen-bond acceptors (Lipinski definition) is 0. The van der Waals surface area contributed by atoms with Crippen molar-refractivity contribution >= 4 is 24.3 Å². The molecule has 2 aromatic rings. The average molecular weight is 429 g/mol. The van der Waals surface area contributed by atoms with E-state index < -0.39 is 0 Å². The first kappa shape index (κ1) is 27.1. The van der Waals surface area contributed by atoms with Gasteiger partial charge in [-0.15, -0.1) is 0 Å². The van der Waals surface area contributed by atoms with Crippen molar-refractivity contribution in [3.63, 3.8) is 0 Å². The normalized spacial score (nSPS) is 11.0. The molecule has 0 aromatic heterocycles. The molecule has 0 unspecified atom stereocenters. The van der Waals surface area contributed by atoms with Gasteiger partial charge in [-0.05, 0) is 41.7 Å². The highest BCUT2D eigenvalue weighted by molar-refractivity contribution is 7.59. The smallest absolute Gasteiger partial charge is 0.0152 e. The summed E-state index contributed by atoms with van der Waals surface area (Å²) in [6.45, 7) is 4.59. The van der Waals surface area contributed by atoms with Crippen LogP contribution in [0.15, 0.2) is 36.4 Å². The Morgan fingerprint density at radius 1 is 0.533 bits per heavy atom. The van der Waals surface area contributed by atoms with Crippen LogP contribution < -0.4 is 0 Å². The highest BCUT2D eigenvalue weighted by Gasteiger charge is 2.03. The maximum atomic E-state index is 2.35. The van der Waals surface area contributed by atoms with Gasteiger partial charge < -0.3 is 0 Å². The third kappa shape index (κ3) is 10.9. The van der Waals surface area contributed by atoms with Crippen LogP contribution in [0.25, 0.3) is 10.8 Å². The summed E-state index contributed by atoms with van der Waals surface area (Å²) < 4.78 is 0. The summed E-state index contributed by atoms with van der Waals surface area (Å²) in [7, 11) is 0. The Morgan fingerprint density at radius 3 is 1.53 bits per heavy atom. The van der Waals surface area contributed by atoms with Crippen molar-refractivity contribution in [2.75, 3.05) is 0 Å². The SMILES string of the molecule is CCCCCCCCCCCCCCCCCCc1ccc2ccccc2c1C.S. The fourth-order valence-corrected chi connectivity index (χ4v) is 4.61. The van der Waals surface area contributed by atoms with Crippen molar-refractivity contribution in [1.82, 2.24) is 0 Å². The molecule has 0 nitrogen and oxygen atoms in total. The molecule has 0 amide bonds. The zero-order valence-corrected chi connectivity index (χ0v) is 21.0. The van der Waals surface area contributed by atoms with Gasteiger partial charge in [0, 0.05) is 0 Å². The highest BCUT2D eigenvalue weighted by Crippen LogP contribution is 2.23. The van der Waals surface area contributed by atoms with Gasteiger partial charge in [-0.2, -0.15) is 13.5 Å².